The molecule has 1 aliphatic rings. The predicted molar refractivity (Wildman–Crippen MR) is 97.9 cm³/mol. The zero-order valence-electron chi connectivity index (χ0n) is 13.7. The van der Waals surface area contributed by atoms with E-state index in [0.717, 1.165) is 37.7 Å². The molecule has 0 saturated carbocycles. The Morgan fingerprint density at radius 3 is 3.08 bits per heavy atom. The van der Waals surface area contributed by atoms with E-state index < -0.39 is 0 Å². The molecular formula is C18H23ClN4O. The van der Waals surface area contributed by atoms with Crippen molar-refractivity contribution in [2.24, 2.45) is 7.05 Å². The van der Waals surface area contributed by atoms with Crippen LogP contribution in [0.15, 0.2) is 30.6 Å². The Bertz CT molecular complexity index is 839. The van der Waals surface area contributed by atoms with Crippen LogP contribution in [0.3, 0.4) is 0 Å². The summed E-state index contributed by atoms with van der Waals surface area (Å²) in [6.07, 6.45) is 8.25. The van der Waals surface area contributed by atoms with Gasteiger partial charge in [0.25, 0.3) is 0 Å². The summed E-state index contributed by atoms with van der Waals surface area (Å²) >= 11 is 0. The molecule has 0 amide bonds. The van der Waals surface area contributed by atoms with E-state index >= 15 is 0 Å². The van der Waals surface area contributed by atoms with Gasteiger partial charge in [-0.15, -0.1) is 12.4 Å². The van der Waals surface area contributed by atoms with Gasteiger partial charge in [0.1, 0.15) is 5.75 Å². The number of H-pyrrole nitrogens is 1. The van der Waals surface area contributed by atoms with Gasteiger partial charge in [-0.3, -0.25) is 4.68 Å². The number of halogens is 1. The Morgan fingerprint density at radius 1 is 1.42 bits per heavy atom. The normalized spacial score (nSPS) is 16.8. The van der Waals surface area contributed by atoms with Crippen molar-refractivity contribution in [2.45, 2.75) is 31.7 Å². The Morgan fingerprint density at radius 2 is 2.29 bits per heavy atom. The third-order valence-electron chi connectivity index (χ3n) is 4.78. The number of fused-ring (bicyclic) bond motifs is 3. The Labute approximate surface area is 147 Å². The van der Waals surface area contributed by atoms with Gasteiger partial charge in [-0.25, -0.2) is 0 Å². The highest BCUT2D eigenvalue weighted by Gasteiger charge is 2.22. The average Bonchev–Trinajstić information content (AvgIpc) is 3.11. The third kappa shape index (κ3) is 3.28. The number of aromatic hydroxyl groups is 1. The van der Waals surface area contributed by atoms with Crippen molar-refractivity contribution < 1.29 is 5.11 Å². The maximum absolute atomic E-state index is 9.75. The summed E-state index contributed by atoms with van der Waals surface area (Å²) in [5, 5.41) is 18.8. The van der Waals surface area contributed by atoms with E-state index in [0.29, 0.717) is 11.8 Å². The summed E-state index contributed by atoms with van der Waals surface area (Å²) in [5.41, 5.74) is 5.09. The topological polar surface area (TPSA) is 65.9 Å². The monoisotopic (exact) mass is 346 g/mol. The number of aromatic nitrogens is 3. The lowest BCUT2D eigenvalue weighted by Crippen LogP contribution is -2.35. The fraction of sp³-hybridized carbons (Fsp3) is 0.389. The first-order valence-electron chi connectivity index (χ1n) is 8.22. The van der Waals surface area contributed by atoms with E-state index in [1.165, 1.54) is 22.2 Å². The molecule has 6 heteroatoms. The molecule has 1 aliphatic carbocycles. The van der Waals surface area contributed by atoms with Crippen LogP contribution in [0.2, 0.25) is 0 Å². The smallest absolute Gasteiger partial charge is 0.116 e. The van der Waals surface area contributed by atoms with Crippen molar-refractivity contribution >= 4 is 23.3 Å². The van der Waals surface area contributed by atoms with Crippen LogP contribution in [0, 0.1) is 0 Å². The quantitative estimate of drug-likeness (QED) is 0.680. The molecule has 3 aromatic rings. The van der Waals surface area contributed by atoms with E-state index in [4.69, 9.17) is 0 Å². The number of nitrogens with one attached hydrogen (secondary N) is 2. The number of phenols is 1. The second-order valence-corrected chi connectivity index (χ2v) is 6.48. The first kappa shape index (κ1) is 16.9. The molecule has 0 fully saturated rings. The highest BCUT2D eigenvalue weighted by atomic mass is 35.5. The zero-order chi connectivity index (χ0) is 15.8. The van der Waals surface area contributed by atoms with Gasteiger partial charge in [0, 0.05) is 35.9 Å². The van der Waals surface area contributed by atoms with Crippen molar-refractivity contribution in [3.05, 3.63) is 47.4 Å². The van der Waals surface area contributed by atoms with Gasteiger partial charge in [0.05, 0.1) is 6.20 Å². The molecule has 1 aromatic carbocycles. The van der Waals surface area contributed by atoms with Gasteiger partial charge in [0.15, 0.2) is 0 Å². The van der Waals surface area contributed by atoms with Gasteiger partial charge in [-0.2, -0.15) is 5.10 Å². The molecule has 0 radical (unpaired) electrons. The second-order valence-electron chi connectivity index (χ2n) is 6.48. The van der Waals surface area contributed by atoms with Crippen LogP contribution in [0.5, 0.6) is 5.75 Å². The van der Waals surface area contributed by atoms with E-state index in [-0.39, 0.29) is 12.4 Å². The number of hydrogen-bond donors (Lipinski definition) is 3. The minimum atomic E-state index is 0. The van der Waals surface area contributed by atoms with Gasteiger partial charge >= 0.3 is 0 Å². The van der Waals surface area contributed by atoms with Crippen LogP contribution in [0.25, 0.3) is 10.9 Å². The van der Waals surface area contributed by atoms with Gasteiger partial charge < -0.3 is 15.4 Å². The molecule has 128 valence electrons. The summed E-state index contributed by atoms with van der Waals surface area (Å²) in [6, 6.07) is 6.09. The van der Waals surface area contributed by atoms with E-state index in [1.54, 1.807) is 6.07 Å². The highest BCUT2D eigenvalue weighted by molar-refractivity contribution is 5.86. The molecule has 1 atom stereocenters. The Kier molecular flexibility index (Phi) is 4.83. The molecule has 24 heavy (non-hydrogen) atoms. The molecule has 0 bridgehead atoms. The first-order chi connectivity index (χ1) is 11.2. The molecule has 1 unspecified atom stereocenters. The molecular weight excluding hydrogens is 324 g/mol. The Hall–Kier alpha value is -1.98. The molecule has 5 nitrogen and oxygen atoms in total. The molecule has 0 saturated heterocycles. The average molecular weight is 347 g/mol. The van der Waals surface area contributed by atoms with Crippen molar-refractivity contribution in [1.29, 1.82) is 0 Å². The van der Waals surface area contributed by atoms with E-state index in [1.807, 2.05) is 30.1 Å². The fourth-order valence-electron chi connectivity index (χ4n) is 3.60. The lowest BCUT2D eigenvalue weighted by molar-refractivity contribution is 0.460. The summed E-state index contributed by atoms with van der Waals surface area (Å²) in [6.45, 7) is 0.972. The van der Waals surface area contributed by atoms with Crippen molar-refractivity contribution in [1.82, 2.24) is 20.1 Å². The van der Waals surface area contributed by atoms with Crippen LogP contribution in [0.1, 0.15) is 23.2 Å². The number of phenolic OH excluding ortho intramolecular Hbond substituents is 1. The maximum atomic E-state index is 9.75. The number of hydrogen-bond acceptors (Lipinski definition) is 3. The second kappa shape index (κ2) is 6.87. The molecule has 3 N–H and O–H groups in total. The summed E-state index contributed by atoms with van der Waals surface area (Å²) in [5.74, 6) is 0.339. The minimum absolute atomic E-state index is 0. The number of benzene rings is 1. The van der Waals surface area contributed by atoms with Crippen molar-refractivity contribution in [2.75, 3.05) is 6.54 Å². The van der Waals surface area contributed by atoms with Crippen LogP contribution in [0.4, 0.5) is 0 Å². The van der Waals surface area contributed by atoms with Gasteiger partial charge in [-0.1, -0.05) is 0 Å². The maximum Gasteiger partial charge on any atom is 0.116 e. The number of nitrogens with zero attached hydrogens (tertiary/aromatic N) is 2. The van der Waals surface area contributed by atoms with Gasteiger partial charge in [-0.05, 0) is 61.6 Å². The van der Waals surface area contributed by atoms with E-state index in [2.05, 4.69) is 21.6 Å². The minimum Gasteiger partial charge on any atom is -0.508 e. The summed E-state index contributed by atoms with van der Waals surface area (Å²) < 4.78 is 1.85. The standard InChI is InChI=1S/C18H22N4O.ClH/c1-22-11-12(10-20-22)6-7-19-13-2-4-17-15(8-13)16-9-14(23)3-5-18(16)21-17;/h3,5,9-11,13,19,21,23H,2,4,6-8H2,1H3;1H. The Balaban J connectivity index is 0.00000169. The fourth-order valence-corrected chi connectivity index (χ4v) is 3.60. The number of aromatic amines is 1. The number of rotatable bonds is 4. The highest BCUT2D eigenvalue weighted by Crippen LogP contribution is 2.31. The van der Waals surface area contributed by atoms with Crippen LogP contribution >= 0.6 is 12.4 Å². The molecule has 4 rings (SSSR count). The molecule has 0 spiro atoms. The van der Waals surface area contributed by atoms with Gasteiger partial charge in [0.2, 0.25) is 0 Å². The lowest BCUT2D eigenvalue weighted by Gasteiger charge is -2.23. The summed E-state index contributed by atoms with van der Waals surface area (Å²) in [4.78, 5) is 3.50. The van der Waals surface area contributed by atoms with E-state index in [9.17, 15) is 5.11 Å². The molecule has 2 aromatic heterocycles. The van der Waals surface area contributed by atoms with Crippen LogP contribution < -0.4 is 5.32 Å². The summed E-state index contributed by atoms with van der Waals surface area (Å²) in [7, 11) is 1.95. The van der Waals surface area contributed by atoms with Crippen LogP contribution in [-0.4, -0.2) is 32.5 Å². The molecule has 0 aliphatic heterocycles. The van der Waals surface area contributed by atoms with Crippen molar-refractivity contribution in [3.63, 3.8) is 0 Å². The van der Waals surface area contributed by atoms with Crippen molar-refractivity contribution in [3.8, 4) is 5.75 Å². The first-order valence-corrected chi connectivity index (χ1v) is 8.22. The predicted octanol–water partition coefficient (Wildman–Crippen LogP) is 2.72. The third-order valence-corrected chi connectivity index (χ3v) is 4.78. The largest absolute Gasteiger partial charge is 0.508 e. The SMILES string of the molecule is Cl.Cn1cc(CCNC2CCc3[nH]c4ccc(O)cc4c3C2)cn1. The zero-order valence-corrected chi connectivity index (χ0v) is 14.6. The molecule has 2 heterocycles. The lowest BCUT2D eigenvalue weighted by atomic mass is 9.91. The van der Waals surface area contributed by atoms with Crippen LogP contribution in [-0.2, 0) is 26.3 Å². The number of aryl methyl sites for hydroxylation is 2.